The van der Waals surface area contributed by atoms with Crippen LogP contribution in [0.2, 0.25) is 0 Å². The SMILES string of the molecule is C=C1[C@@H](O)[C@H](O)C[C@]2(C)[C@H]3C=C[C@]45OC(=O)[C@@]6(CC[C@@H](C)[C@H](C)C64)CC[C@@]5(C)[C@]3(C)CC[C@@H]12. The number of rotatable bonds is 0. The summed E-state index contributed by atoms with van der Waals surface area (Å²) in [5.41, 5.74) is -0.393. The van der Waals surface area contributed by atoms with E-state index in [2.05, 4.69) is 53.3 Å². The lowest BCUT2D eigenvalue weighted by Gasteiger charge is -2.71. The average molecular weight is 455 g/mol. The van der Waals surface area contributed by atoms with Crippen molar-refractivity contribution in [2.75, 3.05) is 0 Å². The highest BCUT2D eigenvalue weighted by Crippen LogP contribution is 2.78. The first-order valence-electron chi connectivity index (χ1n) is 13.4. The molecule has 12 atom stereocenters. The van der Waals surface area contributed by atoms with Gasteiger partial charge in [-0.05, 0) is 91.1 Å². The van der Waals surface area contributed by atoms with Crippen molar-refractivity contribution in [3.05, 3.63) is 24.3 Å². The van der Waals surface area contributed by atoms with Crippen molar-refractivity contribution in [1.82, 2.24) is 0 Å². The fourth-order valence-corrected chi connectivity index (χ4v) is 10.7. The smallest absolute Gasteiger partial charge is 0.313 e. The van der Waals surface area contributed by atoms with Crippen LogP contribution in [0.3, 0.4) is 0 Å². The number of hydrogen-bond acceptors (Lipinski definition) is 4. The summed E-state index contributed by atoms with van der Waals surface area (Å²) in [7, 11) is 0. The summed E-state index contributed by atoms with van der Waals surface area (Å²) in [6.45, 7) is 16.1. The van der Waals surface area contributed by atoms with Crippen LogP contribution in [-0.2, 0) is 9.53 Å². The van der Waals surface area contributed by atoms with Crippen molar-refractivity contribution in [2.45, 2.75) is 97.4 Å². The highest BCUT2D eigenvalue weighted by molar-refractivity contribution is 5.82. The molecular formula is C29H42O4. The molecule has 0 aromatic carbocycles. The lowest BCUT2D eigenvalue weighted by molar-refractivity contribution is -0.231. The molecule has 4 saturated carbocycles. The molecule has 2 bridgehead atoms. The highest BCUT2D eigenvalue weighted by atomic mass is 16.6. The Balaban J connectivity index is 1.52. The maximum absolute atomic E-state index is 13.6. The Bertz CT molecular complexity index is 955. The predicted octanol–water partition coefficient (Wildman–Crippen LogP) is 5.04. The molecule has 33 heavy (non-hydrogen) atoms. The normalized spacial score (nSPS) is 61.5. The van der Waals surface area contributed by atoms with Gasteiger partial charge in [-0.1, -0.05) is 47.3 Å². The molecule has 0 aromatic heterocycles. The molecule has 1 heterocycles. The van der Waals surface area contributed by atoms with Crippen LogP contribution in [0.5, 0.6) is 0 Å². The van der Waals surface area contributed by atoms with Gasteiger partial charge in [0.05, 0.1) is 11.5 Å². The Morgan fingerprint density at radius 3 is 2.52 bits per heavy atom. The molecule has 0 radical (unpaired) electrons. The van der Waals surface area contributed by atoms with Gasteiger partial charge in [0.1, 0.15) is 11.7 Å². The largest absolute Gasteiger partial charge is 0.453 e. The zero-order valence-corrected chi connectivity index (χ0v) is 21.1. The molecule has 1 spiro atoms. The molecule has 0 aromatic rings. The fraction of sp³-hybridized carbons (Fsp3) is 0.828. The molecule has 6 aliphatic rings. The number of esters is 1. The van der Waals surface area contributed by atoms with Crippen molar-refractivity contribution in [1.29, 1.82) is 0 Å². The fourth-order valence-electron chi connectivity index (χ4n) is 10.7. The summed E-state index contributed by atoms with van der Waals surface area (Å²) >= 11 is 0. The first-order chi connectivity index (χ1) is 15.4. The first kappa shape index (κ1) is 22.3. The monoisotopic (exact) mass is 454 g/mol. The lowest BCUT2D eigenvalue weighted by atomic mass is 9.33. The van der Waals surface area contributed by atoms with Crippen molar-refractivity contribution in [2.24, 2.45) is 51.2 Å². The molecule has 1 saturated heterocycles. The van der Waals surface area contributed by atoms with Gasteiger partial charge in [0.25, 0.3) is 0 Å². The first-order valence-corrected chi connectivity index (χ1v) is 13.4. The predicted molar refractivity (Wildman–Crippen MR) is 127 cm³/mol. The second kappa shape index (κ2) is 6.35. The van der Waals surface area contributed by atoms with E-state index in [9.17, 15) is 15.0 Å². The summed E-state index contributed by atoms with van der Waals surface area (Å²) in [5.74, 6) is 1.81. The van der Waals surface area contributed by atoms with E-state index in [0.29, 0.717) is 18.3 Å². The number of aliphatic hydroxyl groups is 2. The van der Waals surface area contributed by atoms with Crippen LogP contribution in [0.4, 0.5) is 0 Å². The van der Waals surface area contributed by atoms with Gasteiger partial charge in [-0.15, -0.1) is 0 Å². The molecule has 5 fully saturated rings. The minimum Gasteiger partial charge on any atom is -0.453 e. The molecule has 5 aliphatic carbocycles. The maximum atomic E-state index is 13.6. The van der Waals surface area contributed by atoms with Crippen LogP contribution >= 0.6 is 0 Å². The van der Waals surface area contributed by atoms with E-state index >= 15 is 0 Å². The van der Waals surface area contributed by atoms with Crippen molar-refractivity contribution < 1.29 is 19.7 Å². The van der Waals surface area contributed by atoms with Gasteiger partial charge >= 0.3 is 5.97 Å². The number of hydrogen-bond donors (Lipinski definition) is 2. The van der Waals surface area contributed by atoms with Gasteiger partial charge in [0, 0.05) is 11.3 Å². The van der Waals surface area contributed by atoms with Gasteiger partial charge in [-0.25, -0.2) is 0 Å². The Kier molecular flexibility index (Phi) is 4.30. The van der Waals surface area contributed by atoms with Gasteiger partial charge in [0.15, 0.2) is 0 Å². The van der Waals surface area contributed by atoms with Crippen LogP contribution in [0, 0.1) is 51.2 Å². The van der Waals surface area contributed by atoms with Gasteiger partial charge < -0.3 is 14.9 Å². The van der Waals surface area contributed by atoms with Gasteiger partial charge in [-0.3, -0.25) is 4.79 Å². The minimum atomic E-state index is -0.822. The molecule has 2 N–H and O–H groups in total. The van der Waals surface area contributed by atoms with E-state index in [-0.39, 0.29) is 45.4 Å². The number of aliphatic hydroxyl groups excluding tert-OH is 2. The number of carbonyl (C=O) groups excluding carboxylic acids is 1. The Morgan fingerprint density at radius 1 is 1.06 bits per heavy atom. The Labute approximate surface area is 198 Å². The average Bonchev–Trinajstić information content (AvgIpc) is 2.95. The van der Waals surface area contributed by atoms with Gasteiger partial charge in [-0.2, -0.15) is 0 Å². The number of ether oxygens (including phenoxy) is 1. The van der Waals surface area contributed by atoms with E-state index in [4.69, 9.17) is 4.74 Å². The maximum Gasteiger partial charge on any atom is 0.313 e. The summed E-state index contributed by atoms with van der Waals surface area (Å²) in [6.07, 6.45) is 9.76. The van der Waals surface area contributed by atoms with Crippen LogP contribution in [0.1, 0.15) is 79.6 Å². The van der Waals surface area contributed by atoms with E-state index < -0.39 is 17.8 Å². The minimum absolute atomic E-state index is 0.0491. The Morgan fingerprint density at radius 2 is 1.79 bits per heavy atom. The molecule has 1 unspecified atom stereocenters. The number of carbonyl (C=O) groups is 1. The van der Waals surface area contributed by atoms with Crippen molar-refractivity contribution in [3.63, 3.8) is 0 Å². The van der Waals surface area contributed by atoms with Crippen LogP contribution in [0.25, 0.3) is 0 Å². The zero-order chi connectivity index (χ0) is 23.8. The molecule has 6 rings (SSSR count). The summed E-state index contributed by atoms with van der Waals surface area (Å²) in [6, 6.07) is 0. The Hall–Kier alpha value is -1.13. The van der Waals surface area contributed by atoms with E-state index in [0.717, 1.165) is 44.1 Å². The molecule has 1 aliphatic heterocycles. The summed E-state index contributed by atoms with van der Waals surface area (Å²) in [4.78, 5) is 13.6. The van der Waals surface area contributed by atoms with Crippen LogP contribution in [0.15, 0.2) is 24.3 Å². The lowest BCUT2D eigenvalue weighted by Crippen LogP contribution is -2.70. The zero-order valence-electron chi connectivity index (χ0n) is 21.1. The van der Waals surface area contributed by atoms with E-state index in [1.54, 1.807) is 0 Å². The summed E-state index contributed by atoms with van der Waals surface area (Å²) in [5, 5.41) is 21.3. The summed E-state index contributed by atoms with van der Waals surface area (Å²) < 4.78 is 6.65. The molecule has 4 heteroatoms. The number of fused-ring (bicyclic) bond motifs is 4. The van der Waals surface area contributed by atoms with E-state index in [1.807, 2.05) is 0 Å². The quantitative estimate of drug-likeness (QED) is 0.397. The third-order valence-corrected chi connectivity index (χ3v) is 12.9. The topological polar surface area (TPSA) is 66.8 Å². The number of allylic oxidation sites excluding steroid dienone is 1. The molecular weight excluding hydrogens is 412 g/mol. The second-order valence-electron chi connectivity index (χ2n) is 13.7. The van der Waals surface area contributed by atoms with Crippen molar-refractivity contribution in [3.8, 4) is 0 Å². The van der Waals surface area contributed by atoms with E-state index in [1.165, 1.54) is 0 Å². The van der Waals surface area contributed by atoms with Crippen molar-refractivity contribution >= 4 is 5.97 Å². The molecule has 0 amide bonds. The second-order valence-corrected chi connectivity index (χ2v) is 13.7. The molecule has 182 valence electrons. The molecule has 4 nitrogen and oxygen atoms in total. The van der Waals surface area contributed by atoms with Gasteiger partial charge in [0.2, 0.25) is 0 Å². The third-order valence-electron chi connectivity index (χ3n) is 12.9. The van der Waals surface area contributed by atoms with Crippen LogP contribution < -0.4 is 0 Å². The third kappa shape index (κ3) is 2.21. The highest BCUT2D eigenvalue weighted by Gasteiger charge is 2.80. The van der Waals surface area contributed by atoms with Crippen LogP contribution in [-0.4, -0.2) is 34.0 Å². The standard InChI is InChI=1S/C29H42O4/c1-16-7-11-28-14-13-27(6)26(5)10-8-19-18(3)22(31)20(30)15-25(19,4)21(26)9-12-29(27,33-24(28)32)23(28)17(16)2/h9,12,16-17,19-23,30-31H,3,7-8,10-11,13-15H2,1-2,4-6H3/t16-,17+,19+,20-,21-,22-,23?,25+,26-,27+,28+,29+/m1/s1.